The maximum absolute atomic E-state index is 10.6. The van der Waals surface area contributed by atoms with Crippen LogP contribution in [-0.4, -0.2) is 31.3 Å². The molecular weight excluding hydrogens is 422 g/mol. The molecule has 2 aliphatic rings. The first-order valence-electron chi connectivity index (χ1n) is 9.02. The Morgan fingerprint density at radius 3 is 1.85 bits per heavy atom. The van der Waals surface area contributed by atoms with Crippen LogP contribution in [0.2, 0.25) is 0 Å². The van der Waals surface area contributed by atoms with Crippen molar-refractivity contribution in [3.8, 4) is 0 Å². The largest absolute Gasteiger partial charge is 0.413 e. The van der Waals surface area contributed by atoms with Crippen LogP contribution in [0.4, 0.5) is 0 Å². The summed E-state index contributed by atoms with van der Waals surface area (Å²) in [7, 11) is -2.79. The lowest BCUT2D eigenvalue weighted by atomic mass is 9.97. The van der Waals surface area contributed by atoms with Gasteiger partial charge in [0, 0.05) is 10.8 Å². The van der Waals surface area contributed by atoms with Crippen molar-refractivity contribution in [3.63, 3.8) is 0 Å². The van der Waals surface area contributed by atoms with Crippen LogP contribution in [0.15, 0.2) is 24.3 Å². The van der Waals surface area contributed by atoms with Gasteiger partial charge in [0.05, 0.1) is 29.4 Å². The minimum absolute atomic E-state index is 0.0439. The van der Waals surface area contributed by atoms with Gasteiger partial charge in [0.25, 0.3) is 0 Å². The van der Waals surface area contributed by atoms with E-state index >= 15 is 0 Å². The van der Waals surface area contributed by atoms with Crippen molar-refractivity contribution in [3.05, 3.63) is 35.4 Å². The molecule has 2 saturated heterocycles. The highest BCUT2D eigenvalue weighted by Crippen LogP contribution is 2.78. The molecule has 152 valence electrons. The number of thiol groups is 1. The van der Waals surface area contributed by atoms with Gasteiger partial charge >= 0.3 is 14.1 Å². The number of benzene rings is 1. The van der Waals surface area contributed by atoms with E-state index in [0.29, 0.717) is 32.6 Å². The lowest BCUT2D eigenvalue weighted by Gasteiger charge is -2.31. The van der Waals surface area contributed by atoms with E-state index in [0.717, 1.165) is 11.3 Å². The molecule has 2 fully saturated rings. The summed E-state index contributed by atoms with van der Waals surface area (Å²) in [5, 5.41) is 0. The second kappa shape index (κ2) is 8.37. The van der Waals surface area contributed by atoms with Gasteiger partial charge in [-0.05, 0) is 11.1 Å². The quantitative estimate of drug-likeness (QED) is 0.427. The Bertz CT molecular complexity index is 634. The van der Waals surface area contributed by atoms with Crippen molar-refractivity contribution in [2.24, 2.45) is 10.8 Å². The first-order valence-corrected chi connectivity index (χ1v) is 15.1. The highest BCUT2D eigenvalue weighted by molar-refractivity contribution is 8.87. The Morgan fingerprint density at radius 1 is 0.889 bits per heavy atom. The van der Waals surface area contributed by atoms with Gasteiger partial charge in [-0.25, -0.2) is 0 Å². The average Bonchev–Trinajstić information content (AvgIpc) is 2.61. The molecule has 0 saturated carbocycles. The molecule has 0 aliphatic carbocycles. The van der Waals surface area contributed by atoms with Gasteiger partial charge < -0.3 is 0 Å². The highest BCUT2D eigenvalue weighted by atomic mass is 33.1. The standard InChI is InChI=1S/C18H30O5P2S2/c1-17(2)11-20-24(19,21-12-17)9-15-5-7-16(8-6-15)10-27-25(26)22-13-18(3,4)14-23-25/h5-8,19,26H,9-14H2,1-4H3/q+2. The summed E-state index contributed by atoms with van der Waals surface area (Å²) in [6.07, 6.45) is -1.72. The lowest BCUT2D eigenvalue weighted by molar-refractivity contribution is 0.0249. The normalized spacial score (nSPS) is 25.9. The smallest absolute Gasteiger partial charge is 0.192 e. The van der Waals surface area contributed by atoms with Crippen molar-refractivity contribution in [1.29, 1.82) is 0 Å². The minimum atomic E-state index is -2.79. The van der Waals surface area contributed by atoms with E-state index in [1.165, 1.54) is 5.56 Å². The molecule has 1 aromatic rings. The number of hydrogen-bond donors (Lipinski definition) is 2. The van der Waals surface area contributed by atoms with Crippen LogP contribution in [0.3, 0.4) is 0 Å². The fourth-order valence-corrected chi connectivity index (χ4v) is 8.87. The van der Waals surface area contributed by atoms with Crippen LogP contribution in [0, 0.1) is 10.8 Å². The zero-order valence-electron chi connectivity index (χ0n) is 16.4. The zero-order valence-corrected chi connectivity index (χ0v) is 19.9. The van der Waals surface area contributed by atoms with E-state index in [1.807, 2.05) is 12.1 Å². The summed E-state index contributed by atoms with van der Waals surface area (Å²) in [4.78, 5) is 10.6. The maximum Gasteiger partial charge on any atom is 0.413 e. The van der Waals surface area contributed by atoms with Crippen LogP contribution in [0.1, 0.15) is 38.8 Å². The second-order valence-corrected chi connectivity index (χ2v) is 17.5. The summed E-state index contributed by atoms with van der Waals surface area (Å²) in [5.74, 6) is 0.776. The van der Waals surface area contributed by atoms with Crippen LogP contribution < -0.4 is 0 Å². The summed E-state index contributed by atoms with van der Waals surface area (Å²) in [6.45, 7) is 10.8. The highest BCUT2D eigenvalue weighted by Gasteiger charge is 2.49. The van der Waals surface area contributed by atoms with E-state index in [1.54, 1.807) is 11.4 Å². The molecule has 0 spiro atoms. The summed E-state index contributed by atoms with van der Waals surface area (Å²) in [6, 6.07) is 8.18. The average molecular weight is 453 g/mol. The third kappa shape index (κ3) is 6.53. The van der Waals surface area contributed by atoms with Crippen LogP contribution in [-0.2, 0) is 30.0 Å². The molecule has 0 radical (unpaired) electrons. The SMILES string of the molecule is CC1(C)CO[P+](O)(Cc2ccc(CS[P+]3(S)OCC(C)(C)CO3)cc2)OC1. The van der Waals surface area contributed by atoms with E-state index < -0.39 is 14.1 Å². The van der Waals surface area contributed by atoms with Gasteiger partial charge in [-0.3, -0.25) is 0 Å². The molecule has 9 heteroatoms. The number of rotatable bonds is 5. The summed E-state index contributed by atoms with van der Waals surface area (Å²) >= 11 is 6.29. The minimum Gasteiger partial charge on any atom is -0.192 e. The molecule has 2 heterocycles. The molecule has 3 rings (SSSR count). The Labute approximate surface area is 172 Å². The first kappa shape index (κ1) is 22.3. The van der Waals surface area contributed by atoms with Gasteiger partial charge in [-0.2, -0.15) is 23.0 Å². The molecule has 0 atom stereocenters. The van der Waals surface area contributed by atoms with Gasteiger partial charge in [0.15, 0.2) is 6.16 Å². The Balaban J connectivity index is 1.51. The van der Waals surface area contributed by atoms with Crippen molar-refractivity contribution in [2.75, 3.05) is 26.4 Å². The van der Waals surface area contributed by atoms with Crippen molar-refractivity contribution >= 4 is 37.7 Å². The van der Waals surface area contributed by atoms with E-state index in [2.05, 4.69) is 52.1 Å². The topological polar surface area (TPSA) is 57.2 Å². The molecule has 0 aromatic heterocycles. The molecule has 0 unspecified atom stereocenters. The molecule has 2 aliphatic heterocycles. The summed E-state index contributed by atoms with van der Waals surface area (Å²) < 4.78 is 23.2. The van der Waals surface area contributed by atoms with E-state index in [4.69, 9.17) is 18.1 Å². The lowest BCUT2D eigenvalue weighted by Crippen LogP contribution is -2.31. The third-order valence-corrected chi connectivity index (χ3v) is 11.6. The molecule has 1 aromatic carbocycles. The van der Waals surface area contributed by atoms with Crippen LogP contribution >= 0.6 is 37.7 Å². The molecule has 0 amide bonds. The van der Waals surface area contributed by atoms with E-state index in [-0.39, 0.29) is 10.8 Å². The molecule has 27 heavy (non-hydrogen) atoms. The van der Waals surface area contributed by atoms with Gasteiger partial charge in [-0.15, -0.1) is 0 Å². The van der Waals surface area contributed by atoms with Gasteiger partial charge in [0.2, 0.25) is 0 Å². The Kier molecular flexibility index (Phi) is 6.90. The van der Waals surface area contributed by atoms with Crippen molar-refractivity contribution in [2.45, 2.75) is 39.6 Å². The Morgan fingerprint density at radius 2 is 1.33 bits per heavy atom. The van der Waals surface area contributed by atoms with Crippen molar-refractivity contribution < 1.29 is 23.0 Å². The second-order valence-electron chi connectivity index (χ2n) is 8.78. The molecule has 1 N–H and O–H groups in total. The fourth-order valence-electron chi connectivity index (χ4n) is 2.52. The molecular formula is C18H30O5P2S2+2. The van der Waals surface area contributed by atoms with Crippen LogP contribution in [0.5, 0.6) is 0 Å². The first-order chi connectivity index (χ1) is 12.5. The van der Waals surface area contributed by atoms with Crippen LogP contribution in [0.25, 0.3) is 0 Å². The Hall–Kier alpha value is 0.580. The number of hydrogen-bond acceptors (Lipinski definition) is 7. The maximum atomic E-state index is 10.6. The van der Waals surface area contributed by atoms with Gasteiger partial charge in [-0.1, -0.05) is 52.0 Å². The van der Waals surface area contributed by atoms with Crippen molar-refractivity contribution in [1.82, 2.24) is 0 Å². The zero-order chi connectivity index (χ0) is 19.8. The molecule has 5 nitrogen and oxygen atoms in total. The van der Waals surface area contributed by atoms with E-state index in [9.17, 15) is 4.89 Å². The third-order valence-electron chi connectivity index (χ3n) is 4.35. The molecule has 0 bridgehead atoms. The predicted molar refractivity (Wildman–Crippen MR) is 118 cm³/mol. The monoisotopic (exact) mass is 452 g/mol. The fraction of sp³-hybridized carbons (Fsp3) is 0.667. The van der Waals surface area contributed by atoms with Gasteiger partial charge in [0.1, 0.15) is 26.4 Å². The summed E-state index contributed by atoms with van der Waals surface area (Å²) in [5.41, 5.74) is 2.20. The predicted octanol–water partition coefficient (Wildman–Crippen LogP) is 5.93.